The molecule has 78 valence electrons. The van der Waals surface area contributed by atoms with Crippen molar-refractivity contribution in [3.05, 3.63) is 5.82 Å². The van der Waals surface area contributed by atoms with Gasteiger partial charge >= 0.3 is 5.97 Å². The molecule has 0 bridgehead atoms. The highest BCUT2D eigenvalue weighted by Crippen LogP contribution is 2.26. The SMILES string of the molecule is CCOC(=O)C(F)Sc1nc(C)ns1. The summed E-state index contributed by atoms with van der Waals surface area (Å²) in [5.41, 5.74) is -1.72. The first-order valence-electron chi connectivity index (χ1n) is 3.91. The molecule has 0 radical (unpaired) electrons. The number of carbonyl (C=O) groups excluding carboxylic acids is 1. The van der Waals surface area contributed by atoms with E-state index in [-0.39, 0.29) is 6.61 Å². The quantitative estimate of drug-likeness (QED) is 0.589. The molecule has 0 aliphatic rings. The molecule has 4 nitrogen and oxygen atoms in total. The van der Waals surface area contributed by atoms with Crippen LogP contribution in [0.15, 0.2) is 4.34 Å². The van der Waals surface area contributed by atoms with Crippen LogP contribution in [0.2, 0.25) is 0 Å². The van der Waals surface area contributed by atoms with Gasteiger partial charge in [-0.1, -0.05) is 0 Å². The molecule has 0 aromatic carbocycles. The summed E-state index contributed by atoms with van der Waals surface area (Å²) in [5, 5.41) is 0. The third-order valence-corrected chi connectivity index (χ3v) is 2.99. The summed E-state index contributed by atoms with van der Waals surface area (Å²) in [6, 6.07) is 0. The van der Waals surface area contributed by atoms with Crippen LogP contribution < -0.4 is 0 Å². The molecule has 0 N–H and O–H groups in total. The second kappa shape index (κ2) is 5.26. The highest BCUT2D eigenvalue weighted by Gasteiger charge is 2.21. The number of halogens is 1. The van der Waals surface area contributed by atoms with Crippen LogP contribution in [0.5, 0.6) is 0 Å². The van der Waals surface area contributed by atoms with Gasteiger partial charge in [0.15, 0.2) is 4.34 Å². The maximum atomic E-state index is 13.1. The van der Waals surface area contributed by atoms with Gasteiger partial charge in [-0.15, -0.1) is 0 Å². The zero-order valence-corrected chi connectivity index (χ0v) is 9.32. The van der Waals surface area contributed by atoms with Gasteiger partial charge in [0.2, 0.25) is 5.50 Å². The topological polar surface area (TPSA) is 52.1 Å². The summed E-state index contributed by atoms with van der Waals surface area (Å²) in [6.07, 6.45) is 0. The Morgan fingerprint density at radius 3 is 3.00 bits per heavy atom. The molecule has 7 heteroatoms. The summed E-state index contributed by atoms with van der Waals surface area (Å²) < 4.78 is 21.9. The lowest BCUT2D eigenvalue weighted by atomic mass is 10.7. The minimum absolute atomic E-state index is 0.176. The molecule has 0 fully saturated rings. The molecule has 0 saturated heterocycles. The van der Waals surface area contributed by atoms with E-state index in [2.05, 4.69) is 14.1 Å². The average Bonchev–Trinajstić information content (AvgIpc) is 2.51. The van der Waals surface area contributed by atoms with E-state index in [0.29, 0.717) is 21.9 Å². The van der Waals surface area contributed by atoms with Crippen molar-refractivity contribution >= 4 is 29.3 Å². The van der Waals surface area contributed by atoms with E-state index < -0.39 is 11.5 Å². The summed E-state index contributed by atoms with van der Waals surface area (Å²) in [7, 11) is 0. The van der Waals surface area contributed by atoms with Crippen LogP contribution >= 0.6 is 23.3 Å². The Hall–Kier alpha value is -0.690. The van der Waals surface area contributed by atoms with Crippen molar-refractivity contribution in [2.75, 3.05) is 6.61 Å². The van der Waals surface area contributed by atoms with Gasteiger partial charge in [0.1, 0.15) is 5.82 Å². The van der Waals surface area contributed by atoms with Crippen molar-refractivity contribution in [2.24, 2.45) is 0 Å². The number of hydrogen-bond acceptors (Lipinski definition) is 6. The van der Waals surface area contributed by atoms with Crippen LogP contribution in [0.25, 0.3) is 0 Å². The Morgan fingerprint density at radius 2 is 2.50 bits per heavy atom. The highest BCUT2D eigenvalue weighted by molar-refractivity contribution is 8.02. The fourth-order valence-electron chi connectivity index (χ4n) is 0.670. The molecular weight excluding hydrogens is 227 g/mol. The largest absolute Gasteiger partial charge is 0.463 e. The fourth-order valence-corrected chi connectivity index (χ4v) is 2.16. The standard InChI is InChI=1S/C7H9FN2O2S2/c1-3-12-6(11)5(8)13-7-9-4(2)10-14-7/h5H,3H2,1-2H3. The van der Waals surface area contributed by atoms with Gasteiger partial charge in [0.05, 0.1) is 6.61 Å². The van der Waals surface area contributed by atoms with Crippen molar-refractivity contribution in [3.63, 3.8) is 0 Å². The fraction of sp³-hybridized carbons (Fsp3) is 0.571. The van der Waals surface area contributed by atoms with Crippen molar-refractivity contribution in [3.8, 4) is 0 Å². The number of ether oxygens (including phenoxy) is 1. The Kier molecular flexibility index (Phi) is 4.27. The molecule has 0 amide bonds. The van der Waals surface area contributed by atoms with Gasteiger partial charge in [-0.3, -0.25) is 0 Å². The van der Waals surface area contributed by atoms with Gasteiger partial charge < -0.3 is 4.74 Å². The molecule has 1 atom stereocenters. The molecule has 0 aliphatic carbocycles. The second-order valence-corrected chi connectivity index (χ2v) is 4.34. The number of rotatable bonds is 4. The average molecular weight is 236 g/mol. The van der Waals surface area contributed by atoms with Crippen LogP contribution in [0.4, 0.5) is 4.39 Å². The van der Waals surface area contributed by atoms with Gasteiger partial charge in [-0.2, -0.15) is 4.37 Å². The van der Waals surface area contributed by atoms with Crippen molar-refractivity contribution in [2.45, 2.75) is 23.7 Å². The molecule has 1 aromatic heterocycles. The minimum Gasteiger partial charge on any atom is -0.463 e. The van der Waals surface area contributed by atoms with Crippen molar-refractivity contribution in [1.29, 1.82) is 0 Å². The third kappa shape index (κ3) is 3.22. The maximum absolute atomic E-state index is 13.1. The number of nitrogens with zero attached hydrogens (tertiary/aromatic N) is 2. The first kappa shape index (κ1) is 11.4. The lowest BCUT2D eigenvalue weighted by Crippen LogP contribution is -2.15. The van der Waals surface area contributed by atoms with Gasteiger partial charge in [-0.05, 0) is 37.1 Å². The van der Waals surface area contributed by atoms with E-state index in [1.165, 1.54) is 0 Å². The molecule has 0 aliphatic heterocycles. The number of carbonyl (C=O) groups is 1. The molecule has 1 rings (SSSR count). The van der Waals surface area contributed by atoms with Gasteiger partial charge in [-0.25, -0.2) is 14.2 Å². The normalized spacial score (nSPS) is 12.5. The van der Waals surface area contributed by atoms with Gasteiger partial charge in [0.25, 0.3) is 0 Å². The molecular formula is C7H9FN2O2S2. The Morgan fingerprint density at radius 1 is 1.79 bits per heavy atom. The van der Waals surface area contributed by atoms with E-state index in [4.69, 9.17) is 0 Å². The van der Waals surface area contributed by atoms with E-state index in [9.17, 15) is 9.18 Å². The number of thioether (sulfide) groups is 1. The van der Waals surface area contributed by atoms with Crippen LogP contribution in [0.1, 0.15) is 12.7 Å². The first-order chi connectivity index (χ1) is 6.63. The lowest BCUT2D eigenvalue weighted by molar-refractivity contribution is -0.145. The second-order valence-electron chi connectivity index (χ2n) is 2.29. The maximum Gasteiger partial charge on any atom is 0.351 e. The number of hydrogen-bond donors (Lipinski definition) is 0. The molecule has 1 heterocycles. The van der Waals surface area contributed by atoms with Crippen LogP contribution in [0, 0.1) is 6.92 Å². The molecule has 0 spiro atoms. The van der Waals surface area contributed by atoms with Crippen LogP contribution in [0.3, 0.4) is 0 Å². The Balaban J connectivity index is 2.48. The molecule has 1 aromatic rings. The van der Waals surface area contributed by atoms with E-state index in [1.807, 2.05) is 0 Å². The van der Waals surface area contributed by atoms with E-state index in [1.54, 1.807) is 13.8 Å². The number of esters is 1. The highest BCUT2D eigenvalue weighted by atomic mass is 32.2. The summed E-state index contributed by atoms with van der Waals surface area (Å²) in [6.45, 7) is 3.51. The first-order valence-corrected chi connectivity index (χ1v) is 5.56. The van der Waals surface area contributed by atoms with Crippen molar-refractivity contribution < 1.29 is 13.9 Å². The monoisotopic (exact) mass is 236 g/mol. The van der Waals surface area contributed by atoms with Gasteiger partial charge in [0, 0.05) is 0 Å². The molecule has 1 unspecified atom stereocenters. The predicted octanol–water partition coefficient (Wildman–Crippen LogP) is 1.80. The third-order valence-electron chi connectivity index (χ3n) is 1.19. The minimum atomic E-state index is -1.72. The van der Waals surface area contributed by atoms with Crippen molar-refractivity contribution in [1.82, 2.24) is 9.36 Å². The smallest absolute Gasteiger partial charge is 0.351 e. The summed E-state index contributed by atoms with van der Waals surface area (Å²) in [5.74, 6) is -0.293. The summed E-state index contributed by atoms with van der Waals surface area (Å²) in [4.78, 5) is 14.8. The number of alkyl halides is 1. The lowest BCUT2D eigenvalue weighted by Gasteiger charge is -2.03. The predicted molar refractivity (Wildman–Crippen MR) is 52.0 cm³/mol. The van der Waals surface area contributed by atoms with Crippen LogP contribution in [-0.2, 0) is 9.53 Å². The van der Waals surface area contributed by atoms with E-state index in [0.717, 1.165) is 11.5 Å². The Bertz CT molecular complexity index is 318. The number of aromatic nitrogens is 2. The zero-order valence-electron chi connectivity index (χ0n) is 7.69. The summed E-state index contributed by atoms with van der Waals surface area (Å²) >= 11 is 1.78. The molecule has 14 heavy (non-hydrogen) atoms. The van der Waals surface area contributed by atoms with E-state index >= 15 is 0 Å². The van der Waals surface area contributed by atoms with Crippen LogP contribution in [-0.4, -0.2) is 27.4 Å². The number of aryl methyl sites for hydroxylation is 1. The molecule has 0 saturated carbocycles. The zero-order chi connectivity index (χ0) is 10.6. The Labute approximate surface area is 89.0 Å².